The molecule has 3 atom stereocenters. The van der Waals surface area contributed by atoms with Gasteiger partial charge in [0.05, 0.1) is 6.10 Å². The molecule has 144 valence electrons. The second kappa shape index (κ2) is 15.9. The molecule has 0 bridgehead atoms. The first kappa shape index (κ1) is 23.4. The van der Waals surface area contributed by atoms with E-state index in [1.807, 2.05) is 0 Å². The molecular weight excluding hydrogens is 308 g/mol. The van der Waals surface area contributed by atoms with E-state index in [1.165, 1.54) is 58.3 Å². The highest BCUT2D eigenvalue weighted by Crippen LogP contribution is 2.12. The number of hydrogen-bond acceptors (Lipinski definition) is 5. The van der Waals surface area contributed by atoms with Crippen molar-refractivity contribution in [1.82, 2.24) is 0 Å². The summed E-state index contributed by atoms with van der Waals surface area (Å²) in [6.45, 7) is 3.33. The lowest BCUT2D eigenvalue weighted by molar-refractivity contribution is -0.151. The topological polar surface area (TPSA) is 87.0 Å². The van der Waals surface area contributed by atoms with Crippen LogP contribution in [0.4, 0.5) is 0 Å². The monoisotopic (exact) mass is 346 g/mol. The molecule has 0 aromatic carbocycles. The van der Waals surface area contributed by atoms with Crippen LogP contribution < -0.4 is 0 Å². The normalized spacial score (nSPS) is 15.0. The maximum atomic E-state index is 11.5. The Balaban J connectivity index is 3.37. The second-order valence-electron chi connectivity index (χ2n) is 6.77. The van der Waals surface area contributed by atoms with E-state index in [1.54, 1.807) is 0 Å². The average molecular weight is 347 g/mol. The van der Waals surface area contributed by atoms with Gasteiger partial charge in [0.1, 0.15) is 18.8 Å². The zero-order valence-corrected chi connectivity index (χ0v) is 15.6. The van der Waals surface area contributed by atoms with Crippen LogP contribution in [-0.2, 0) is 9.53 Å². The van der Waals surface area contributed by atoms with Gasteiger partial charge in [0.25, 0.3) is 0 Å². The molecule has 0 fully saturated rings. The Morgan fingerprint density at radius 2 is 1.29 bits per heavy atom. The third kappa shape index (κ3) is 13.8. The molecule has 24 heavy (non-hydrogen) atoms. The van der Waals surface area contributed by atoms with Crippen molar-refractivity contribution >= 4 is 5.97 Å². The lowest BCUT2D eigenvalue weighted by Crippen LogP contribution is -2.39. The molecule has 0 saturated carbocycles. The first-order valence-corrected chi connectivity index (χ1v) is 9.68. The van der Waals surface area contributed by atoms with Crippen molar-refractivity contribution in [1.29, 1.82) is 0 Å². The fourth-order valence-electron chi connectivity index (χ4n) is 2.60. The summed E-state index contributed by atoms with van der Waals surface area (Å²) in [5.41, 5.74) is 0. The number of unbranched alkanes of at least 4 members (excludes halogenated alkanes) is 10. The van der Waals surface area contributed by atoms with Crippen molar-refractivity contribution in [3.05, 3.63) is 0 Å². The molecule has 3 N–H and O–H groups in total. The maximum absolute atomic E-state index is 11.5. The summed E-state index contributed by atoms with van der Waals surface area (Å²) in [6.07, 6.45) is 10.2. The van der Waals surface area contributed by atoms with Crippen LogP contribution in [0.5, 0.6) is 0 Å². The van der Waals surface area contributed by atoms with Crippen LogP contribution in [0, 0.1) is 0 Å². The van der Waals surface area contributed by atoms with Gasteiger partial charge in [-0.3, -0.25) is 4.79 Å². The van der Waals surface area contributed by atoms with Crippen molar-refractivity contribution in [2.45, 2.75) is 109 Å². The quantitative estimate of drug-likeness (QED) is 0.295. The smallest absolute Gasteiger partial charge is 0.305 e. The SMILES string of the molecule is CCCCCCCCCCCCCC(=O)OCC(O)C(O)C(C)O. The zero-order chi connectivity index (χ0) is 18.2. The molecule has 0 aliphatic heterocycles. The molecule has 0 amide bonds. The highest BCUT2D eigenvalue weighted by Gasteiger charge is 2.22. The van der Waals surface area contributed by atoms with Gasteiger partial charge in [-0.1, -0.05) is 71.1 Å². The summed E-state index contributed by atoms with van der Waals surface area (Å²) in [7, 11) is 0. The van der Waals surface area contributed by atoms with Gasteiger partial charge in [0, 0.05) is 6.42 Å². The zero-order valence-electron chi connectivity index (χ0n) is 15.6. The number of aliphatic hydroxyl groups is 3. The molecule has 0 heterocycles. The minimum atomic E-state index is -1.29. The van der Waals surface area contributed by atoms with E-state index in [2.05, 4.69) is 6.92 Å². The maximum Gasteiger partial charge on any atom is 0.305 e. The van der Waals surface area contributed by atoms with Gasteiger partial charge in [-0.25, -0.2) is 0 Å². The predicted octanol–water partition coefficient (Wildman–Crippen LogP) is 3.33. The van der Waals surface area contributed by atoms with Gasteiger partial charge < -0.3 is 20.1 Å². The first-order chi connectivity index (χ1) is 11.5. The Hall–Kier alpha value is -0.650. The van der Waals surface area contributed by atoms with Crippen LogP contribution in [0.3, 0.4) is 0 Å². The van der Waals surface area contributed by atoms with Crippen LogP contribution in [0.15, 0.2) is 0 Å². The van der Waals surface area contributed by atoms with Gasteiger partial charge in [0.2, 0.25) is 0 Å². The van der Waals surface area contributed by atoms with Crippen molar-refractivity contribution < 1.29 is 24.9 Å². The summed E-state index contributed by atoms with van der Waals surface area (Å²) in [5.74, 6) is -0.359. The largest absolute Gasteiger partial charge is 0.463 e. The predicted molar refractivity (Wildman–Crippen MR) is 95.7 cm³/mol. The van der Waals surface area contributed by atoms with Gasteiger partial charge in [-0.2, -0.15) is 0 Å². The standard InChI is InChI=1S/C19H38O5/c1-3-4-5-6-7-8-9-10-11-12-13-14-18(22)24-15-17(21)19(23)16(2)20/h16-17,19-21,23H,3-15H2,1-2H3. The van der Waals surface area contributed by atoms with E-state index in [0.717, 1.165) is 19.3 Å². The van der Waals surface area contributed by atoms with E-state index < -0.39 is 18.3 Å². The number of carbonyl (C=O) groups excluding carboxylic acids is 1. The van der Waals surface area contributed by atoms with E-state index in [4.69, 9.17) is 9.84 Å². The summed E-state index contributed by atoms with van der Waals surface area (Å²) in [4.78, 5) is 11.5. The number of rotatable bonds is 16. The number of aliphatic hydroxyl groups excluding tert-OH is 3. The first-order valence-electron chi connectivity index (χ1n) is 9.68. The molecule has 5 nitrogen and oxygen atoms in total. The van der Waals surface area contributed by atoms with E-state index in [-0.39, 0.29) is 12.6 Å². The molecule has 5 heteroatoms. The molecule has 0 aromatic heterocycles. The fraction of sp³-hybridized carbons (Fsp3) is 0.947. The van der Waals surface area contributed by atoms with Gasteiger partial charge >= 0.3 is 5.97 Å². The Bertz CT molecular complexity index is 293. The van der Waals surface area contributed by atoms with Crippen molar-refractivity contribution in [3.8, 4) is 0 Å². The third-order valence-electron chi connectivity index (χ3n) is 4.29. The van der Waals surface area contributed by atoms with Crippen LogP contribution >= 0.6 is 0 Å². The molecule has 0 aliphatic rings. The number of esters is 1. The molecular formula is C19H38O5. The molecule has 0 spiro atoms. The van der Waals surface area contributed by atoms with Crippen molar-refractivity contribution in [2.24, 2.45) is 0 Å². The Morgan fingerprint density at radius 1 is 0.833 bits per heavy atom. The summed E-state index contributed by atoms with van der Waals surface area (Å²) >= 11 is 0. The molecule has 0 aromatic rings. The van der Waals surface area contributed by atoms with E-state index in [0.29, 0.717) is 6.42 Å². The van der Waals surface area contributed by atoms with Crippen molar-refractivity contribution in [3.63, 3.8) is 0 Å². The lowest BCUT2D eigenvalue weighted by atomic mass is 10.1. The van der Waals surface area contributed by atoms with Gasteiger partial charge in [-0.05, 0) is 13.3 Å². The Kier molecular flexibility index (Phi) is 15.4. The van der Waals surface area contributed by atoms with Gasteiger partial charge in [0.15, 0.2) is 0 Å². The third-order valence-corrected chi connectivity index (χ3v) is 4.29. The minimum Gasteiger partial charge on any atom is -0.463 e. The molecule has 3 unspecified atom stereocenters. The van der Waals surface area contributed by atoms with E-state index in [9.17, 15) is 15.0 Å². The fourth-order valence-corrected chi connectivity index (χ4v) is 2.60. The second-order valence-corrected chi connectivity index (χ2v) is 6.77. The summed E-state index contributed by atoms with van der Waals surface area (Å²) < 4.78 is 4.91. The number of carbonyl (C=O) groups is 1. The lowest BCUT2D eigenvalue weighted by Gasteiger charge is -2.19. The Labute approximate surface area is 147 Å². The van der Waals surface area contributed by atoms with Crippen LogP contribution in [0.2, 0.25) is 0 Å². The van der Waals surface area contributed by atoms with Crippen LogP contribution in [0.25, 0.3) is 0 Å². The highest BCUT2D eigenvalue weighted by molar-refractivity contribution is 5.69. The van der Waals surface area contributed by atoms with Gasteiger partial charge in [-0.15, -0.1) is 0 Å². The van der Waals surface area contributed by atoms with E-state index >= 15 is 0 Å². The average Bonchev–Trinajstić information content (AvgIpc) is 2.56. The molecule has 0 saturated heterocycles. The number of hydrogen-bond donors (Lipinski definition) is 3. The molecule has 0 rings (SSSR count). The summed E-state index contributed by atoms with van der Waals surface area (Å²) in [6, 6.07) is 0. The van der Waals surface area contributed by atoms with Crippen molar-refractivity contribution in [2.75, 3.05) is 6.61 Å². The van der Waals surface area contributed by atoms with Crippen LogP contribution in [-0.4, -0.2) is 46.2 Å². The number of ether oxygens (including phenoxy) is 1. The molecule has 0 aliphatic carbocycles. The van der Waals surface area contributed by atoms with Crippen LogP contribution in [0.1, 0.15) is 90.9 Å². The Morgan fingerprint density at radius 3 is 1.75 bits per heavy atom. The summed E-state index contributed by atoms with van der Waals surface area (Å²) in [5, 5.41) is 28.0. The highest BCUT2D eigenvalue weighted by atomic mass is 16.5. The minimum absolute atomic E-state index is 0.275. The molecule has 0 radical (unpaired) electrons.